The van der Waals surface area contributed by atoms with Crippen LogP contribution in [0, 0.1) is 24.0 Å². The highest BCUT2D eigenvalue weighted by molar-refractivity contribution is 5.90. The first kappa shape index (κ1) is 20.3. The van der Waals surface area contributed by atoms with Gasteiger partial charge in [-0.25, -0.2) is 5.43 Å². The number of carbonyl (C=O) groups excluding carboxylic acids is 1. The average Bonchev–Trinajstić information content (AvgIpc) is 3.21. The Morgan fingerprint density at radius 2 is 1.97 bits per heavy atom. The van der Waals surface area contributed by atoms with E-state index in [1.807, 2.05) is 32.0 Å². The quantitative estimate of drug-likeness (QED) is 0.425. The molecule has 29 heavy (non-hydrogen) atoms. The maximum atomic E-state index is 12.1. The Hall–Kier alpha value is -3.42. The van der Waals surface area contributed by atoms with E-state index in [-0.39, 0.29) is 18.1 Å². The predicted octanol–water partition coefficient (Wildman–Crippen LogP) is 3.37. The van der Waals surface area contributed by atoms with Gasteiger partial charge in [-0.1, -0.05) is 17.7 Å². The van der Waals surface area contributed by atoms with Gasteiger partial charge in [0.15, 0.2) is 0 Å². The molecule has 1 heterocycles. The summed E-state index contributed by atoms with van der Waals surface area (Å²) in [4.78, 5) is 24.9. The molecule has 2 aromatic rings. The SMILES string of the molecule is Cc1ccc(NCC(=O)N/N=C\c2cc([N+](=O)[O-])ccc2N2CCCC2)c(C)c1. The molecule has 1 aliphatic rings. The molecule has 1 amide bonds. The van der Waals surface area contributed by atoms with Crippen molar-refractivity contribution in [2.45, 2.75) is 26.7 Å². The number of hydrogen-bond donors (Lipinski definition) is 2. The molecule has 8 heteroatoms. The highest BCUT2D eigenvalue weighted by Gasteiger charge is 2.18. The third-order valence-corrected chi connectivity index (χ3v) is 4.88. The number of benzene rings is 2. The van der Waals surface area contributed by atoms with Crippen molar-refractivity contribution >= 4 is 29.2 Å². The van der Waals surface area contributed by atoms with Crippen LogP contribution in [0.4, 0.5) is 17.1 Å². The lowest BCUT2D eigenvalue weighted by Gasteiger charge is -2.19. The first-order chi connectivity index (χ1) is 13.9. The second-order valence-electron chi connectivity index (χ2n) is 7.16. The molecule has 3 rings (SSSR count). The molecular formula is C21H25N5O3. The Morgan fingerprint density at radius 3 is 2.66 bits per heavy atom. The Balaban J connectivity index is 1.64. The van der Waals surface area contributed by atoms with Crippen LogP contribution in [0.1, 0.15) is 29.5 Å². The number of hydrazone groups is 1. The van der Waals surface area contributed by atoms with Crippen LogP contribution in [0.3, 0.4) is 0 Å². The Bertz CT molecular complexity index is 936. The zero-order valence-electron chi connectivity index (χ0n) is 16.6. The molecule has 152 valence electrons. The summed E-state index contributed by atoms with van der Waals surface area (Å²) in [6, 6.07) is 10.7. The Morgan fingerprint density at radius 1 is 1.21 bits per heavy atom. The van der Waals surface area contributed by atoms with Crippen LogP contribution < -0.4 is 15.6 Å². The smallest absolute Gasteiger partial charge is 0.270 e. The van der Waals surface area contributed by atoms with Gasteiger partial charge in [0, 0.05) is 42.2 Å². The lowest BCUT2D eigenvalue weighted by molar-refractivity contribution is -0.384. The van der Waals surface area contributed by atoms with Gasteiger partial charge < -0.3 is 10.2 Å². The van der Waals surface area contributed by atoms with Gasteiger partial charge in [-0.3, -0.25) is 14.9 Å². The van der Waals surface area contributed by atoms with Crippen molar-refractivity contribution in [1.29, 1.82) is 0 Å². The van der Waals surface area contributed by atoms with E-state index in [0.717, 1.165) is 48.4 Å². The predicted molar refractivity (Wildman–Crippen MR) is 115 cm³/mol. The number of rotatable bonds is 7. The van der Waals surface area contributed by atoms with Crippen LogP contribution in [0.5, 0.6) is 0 Å². The van der Waals surface area contributed by atoms with Gasteiger partial charge in [-0.05, 0) is 44.4 Å². The maximum absolute atomic E-state index is 12.1. The number of non-ortho nitro benzene ring substituents is 1. The molecule has 0 atom stereocenters. The summed E-state index contributed by atoms with van der Waals surface area (Å²) in [5.41, 5.74) is 7.10. The summed E-state index contributed by atoms with van der Waals surface area (Å²) in [6.45, 7) is 5.89. The van der Waals surface area contributed by atoms with Crippen LogP contribution in [-0.2, 0) is 4.79 Å². The molecule has 2 N–H and O–H groups in total. The summed E-state index contributed by atoms with van der Waals surface area (Å²) in [7, 11) is 0. The number of anilines is 2. The largest absolute Gasteiger partial charge is 0.376 e. The second kappa shape index (κ2) is 9.18. The molecule has 1 fully saturated rings. The van der Waals surface area contributed by atoms with Crippen molar-refractivity contribution in [3.05, 3.63) is 63.2 Å². The van der Waals surface area contributed by atoms with Gasteiger partial charge in [-0.2, -0.15) is 5.10 Å². The van der Waals surface area contributed by atoms with E-state index in [0.29, 0.717) is 5.56 Å². The fourth-order valence-electron chi connectivity index (χ4n) is 3.41. The minimum atomic E-state index is -0.433. The summed E-state index contributed by atoms with van der Waals surface area (Å²) >= 11 is 0. The van der Waals surface area contributed by atoms with Crippen molar-refractivity contribution in [3.8, 4) is 0 Å². The first-order valence-corrected chi connectivity index (χ1v) is 9.60. The molecule has 0 aliphatic carbocycles. The van der Waals surface area contributed by atoms with Gasteiger partial charge in [0.25, 0.3) is 11.6 Å². The van der Waals surface area contributed by atoms with E-state index < -0.39 is 4.92 Å². The summed E-state index contributed by atoms with van der Waals surface area (Å²) in [5, 5.41) is 18.2. The van der Waals surface area contributed by atoms with E-state index in [1.54, 1.807) is 6.07 Å². The molecule has 0 spiro atoms. The molecule has 0 aromatic heterocycles. The summed E-state index contributed by atoms with van der Waals surface area (Å²) in [6.07, 6.45) is 3.65. The van der Waals surface area contributed by atoms with Gasteiger partial charge in [-0.15, -0.1) is 0 Å². The molecule has 0 saturated carbocycles. The van der Waals surface area contributed by atoms with Crippen LogP contribution in [0.25, 0.3) is 0 Å². The fraction of sp³-hybridized carbons (Fsp3) is 0.333. The average molecular weight is 395 g/mol. The number of amides is 1. The standard InChI is InChI=1S/C21H25N5O3/c1-15-5-7-19(16(2)11-15)22-14-21(27)24-23-13-17-12-18(26(28)29)6-8-20(17)25-9-3-4-10-25/h5-8,11-13,22H,3-4,9-10,14H2,1-2H3,(H,24,27)/b23-13-. The molecule has 0 unspecified atom stereocenters. The molecule has 0 radical (unpaired) electrons. The number of nitrogens with one attached hydrogen (secondary N) is 2. The Kier molecular flexibility index (Phi) is 6.43. The van der Waals surface area contributed by atoms with Gasteiger partial charge in [0.05, 0.1) is 17.7 Å². The van der Waals surface area contributed by atoms with E-state index in [9.17, 15) is 14.9 Å². The zero-order chi connectivity index (χ0) is 20.8. The number of aryl methyl sites for hydroxylation is 2. The lowest BCUT2D eigenvalue weighted by atomic mass is 10.1. The fourth-order valence-corrected chi connectivity index (χ4v) is 3.41. The van der Waals surface area contributed by atoms with Crippen molar-refractivity contribution in [2.75, 3.05) is 29.9 Å². The monoisotopic (exact) mass is 395 g/mol. The minimum absolute atomic E-state index is 0.00256. The van der Waals surface area contributed by atoms with Crippen LogP contribution in [0.15, 0.2) is 41.5 Å². The molecular weight excluding hydrogens is 370 g/mol. The summed E-state index contributed by atoms with van der Waals surface area (Å²) < 4.78 is 0. The van der Waals surface area contributed by atoms with Crippen LogP contribution in [-0.4, -0.2) is 36.7 Å². The number of nitro groups is 1. The molecule has 1 saturated heterocycles. The van der Waals surface area contributed by atoms with Gasteiger partial charge in [0.1, 0.15) is 0 Å². The van der Waals surface area contributed by atoms with Crippen LogP contribution >= 0.6 is 0 Å². The van der Waals surface area contributed by atoms with Gasteiger partial charge in [0.2, 0.25) is 0 Å². The number of hydrogen-bond acceptors (Lipinski definition) is 6. The third-order valence-electron chi connectivity index (χ3n) is 4.88. The topological polar surface area (TPSA) is 99.9 Å². The number of carbonyl (C=O) groups is 1. The minimum Gasteiger partial charge on any atom is -0.376 e. The normalized spacial score (nSPS) is 13.7. The highest BCUT2D eigenvalue weighted by Crippen LogP contribution is 2.27. The lowest BCUT2D eigenvalue weighted by Crippen LogP contribution is -2.26. The van der Waals surface area contributed by atoms with Crippen molar-refractivity contribution in [1.82, 2.24) is 5.43 Å². The number of nitrogens with zero attached hydrogens (tertiary/aromatic N) is 3. The van der Waals surface area contributed by atoms with Gasteiger partial charge >= 0.3 is 0 Å². The number of nitro benzene ring substituents is 1. The van der Waals surface area contributed by atoms with E-state index in [1.165, 1.54) is 18.3 Å². The molecule has 1 aliphatic heterocycles. The maximum Gasteiger partial charge on any atom is 0.270 e. The van der Waals surface area contributed by atoms with E-state index in [2.05, 4.69) is 20.7 Å². The zero-order valence-corrected chi connectivity index (χ0v) is 16.6. The van der Waals surface area contributed by atoms with E-state index >= 15 is 0 Å². The van der Waals surface area contributed by atoms with Crippen LogP contribution in [0.2, 0.25) is 0 Å². The highest BCUT2D eigenvalue weighted by atomic mass is 16.6. The second-order valence-corrected chi connectivity index (χ2v) is 7.16. The molecule has 2 aromatic carbocycles. The van der Waals surface area contributed by atoms with E-state index in [4.69, 9.17) is 0 Å². The van der Waals surface area contributed by atoms with Crippen molar-refractivity contribution < 1.29 is 9.72 Å². The van der Waals surface area contributed by atoms with Crippen molar-refractivity contribution in [2.24, 2.45) is 5.10 Å². The molecule has 0 bridgehead atoms. The molecule has 8 nitrogen and oxygen atoms in total. The Labute approximate surface area is 169 Å². The first-order valence-electron chi connectivity index (χ1n) is 9.60. The summed E-state index contributed by atoms with van der Waals surface area (Å²) in [5.74, 6) is -0.297. The third kappa shape index (κ3) is 5.31. The van der Waals surface area contributed by atoms with Crippen molar-refractivity contribution in [3.63, 3.8) is 0 Å².